The largest absolute Gasteiger partial charge is 0.460 e. The van der Waals surface area contributed by atoms with Crippen molar-refractivity contribution >= 4 is 5.91 Å². The Morgan fingerprint density at radius 1 is 0.667 bits per heavy atom. The Morgan fingerprint density at radius 2 is 1.07 bits per heavy atom. The number of rotatable bonds is 7. The highest BCUT2D eigenvalue weighted by atomic mass is 19.4. The number of benzene rings is 1. The minimum atomic E-state index is -8.08. The van der Waals surface area contributed by atoms with Gasteiger partial charge in [0.25, 0.3) is 5.91 Å². The van der Waals surface area contributed by atoms with Gasteiger partial charge in [0.2, 0.25) is 0 Å². The monoisotopic (exact) mass is 471 g/mol. The molecule has 0 saturated heterocycles. The van der Waals surface area contributed by atoms with E-state index in [0.29, 0.717) is 12.1 Å². The Kier molecular flexibility index (Phi) is 6.39. The van der Waals surface area contributed by atoms with E-state index in [4.69, 9.17) is 0 Å². The molecule has 1 aromatic rings. The zero-order valence-corrected chi connectivity index (χ0v) is 13.7. The van der Waals surface area contributed by atoms with Crippen LogP contribution in [0, 0.1) is 5.82 Å². The molecule has 1 rings (SSSR count). The lowest BCUT2D eigenvalue weighted by molar-refractivity contribution is -0.436. The van der Waals surface area contributed by atoms with Crippen LogP contribution < -0.4 is 5.32 Å². The number of carbonyl (C=O) groups is 1. The molecule has 0 fully saturated rings. The molecule has 1 aromatic carbocycles. The molecule has 0 spiro atoms. The third kappa shape index (κ3) is 3.87. The average Bonchev–Trinajstić information content (AvgIpc) is 2.59. The summed E-state index contributed by atoms with van der Waals surface area (Å²) < 4.78 is 180. The van der Waals surface area contributed by atoms with Gasteiger partial charge in [0.1, 0.15) is 5.82 Å². The molecule has 0 aromatic heterocycles. The lowest BCUT2D eigenvalue weighted by Gasteiger charge is -2.39. The second-order valence-electron chi connectivity index (χ2n) is 5.68. The topological polar surface area (TPSA) is 29.1 Å². The summed E-state index contributed by atoms with van der Waals surface area (Å²) in [6, 6.07) is 2.95. The zero-order chi connectivity index (χ0) is 24.0. The minimum Gasteiger partial charge on any atom is -0.347 e. The standard InChI is InChI=1S/C14H7F14NO/c15-7-3-1-6(2-4-7)5-29-8(30)9(16,17)10(18,19)11(20,21)12(22,23)13(24,25)14(26,27)28/h1-4H,5H2,(H,29,30). The summed E-state index contributed by atoms with van der Waals surface area (Å²) in [4.78, 5) is 11.2. The molecule has 0 unspecified atom stereocenters. The molecule has 0 bridgehead atoms. The van der Waals surface area contributed by atoms with Crippen LogP contribution >= 0.6 is 0 Å². The second-order valence-corrected chi connectivity index (χ2v) is 5.68. The predicted octanol–water partition coefficient (Wildman–Crippen LogP) is 5.18. The molecule has 0 radical (unpaired) electrons. The van der Waals surface area contributed by atoms with E-state index in [1.54, 1.807) is 0 Å². The summed E-state index contributed by atoms with van der Waals surface area (Å²) in [5.41, 5.74) is -0.287. The van der Waals surface area contributed by atoms with Gasteiger partial charge < -0.3 is 5.32 Å². The van der Waals surface area contributed by atoms with E-state index in [-0.39, 0.29) is 5.56 Å². The summed E-state index contributed by atoms with van der Waals surface area (Å²) in [6.45, 7) is -1.18. The lowest BCUT2D eigenvalue weighted by atomic mass is 9.93. The molecular weight excluding hydrogens is 464 g/mol. The van der Waals surface area contributed by atoms with E-state index in [9.17, 15) is 66.3 Å². The highest BCUT2D eigenvalue weighted by Crippen LogP contribution is 2.60. The smallest absolute Gasteiger partial charge is 0.347 e. The number of hydrogen-bond donors (Lipinski definition) is 1. The Bertz CT molecular complexity index is 768. The van der Waals surface area contributed by atoms with Gasteiger partial charge in [0, 0.05) is 6.54 Å². The average molecular weight is 471 g/mol. The fraction of sp³-hybridized carbons (Fsp3) is 0.500. The fourth-order valence-electron chi connectivity index (χ4n) is 1.81. The van der Waals surface area contributed by atoms with Crippen LogP contribution in [0.25, 0.3) is 0 Å². The Hall–Kier alpha value is -2.29. The molecule has 1 N–H and O–H groups in total. The van der Waals surface area contributed by atoms with E-state index in [0.717, 1.165) is 17.4 Å². The highest BCUT2D eigenvalue weighted by Gasteiger charge is 2.91. The molecule has 2 nitrogen and oxygen atoms in total. The summed E-state index contributed by atoms with van der Waals surface area (Å²) in [7, 11) is 0. The Morgan fingerprint density at radius 3 is 1.47 bits per heavy atom. The summed E-state index contributed by atoms with van der Waals surface area (Å²) >= 11 is 0. The van der Waals surface area contributed by atoms with Gasteiger partial charge in [0.15, 0.2) is 0 Å². The van der Waals surface area contributed by atoms with Crippen molar-refractivity contribution in [2.75, 3.05) is 0 Å². The number of hydrogen-bond acceptors (Lipinski definition) is 1. The predicted molar refractivity (Wildman–Crippen MR) is 69.0 cm³/mol. The molecule has 16 heteroatoms. The number of amides is 1. The summed E-state index contributed by atoms with van der Waals surface area (Å²) in [6.07, 6.45) is -7.53. The van der Waals surface area contributed by atoms with E-state index in [1.807, 2.05) is 0 Å². The van der Waals surface area contributed by atoms with Gasteiger partial charge in [0.05, 0.1) is 0 Å². The van der Waals surface area contributed by atoms with Gasteiger partial charge in [-0.15, -0.1) is 0 Å². The van der Waals surface area contributed by atoms with E-state index in [2.05, 4.69) is 0 Å². The molecule has 172 valence electrons. The van der Waals surface area contributed by atoms with Crippen LogP contribution in [0.5, 0.6) is 0 Å². The van der Waals surface area contributed by atoms with Gasteiger partial charge in [-0.3, -0.25) is 4.79 Å². The first kappa shape index (κ1) is 25.7. The zero-order valence-electron chi connectivity index (χ0n) is 13.7. The SMILES string of the molecule is O=C(NCc1ccc(F)cc1)C(F)(F)C(F)(F)C(F)(F)C(F)(F)C(F)(F)C(F)(F)F. The Labute approximate surface area is 156 Å². The van der Waals surface area contributed by atoms with Crippen LogP contribution in [-0.4, -0.2) is 41.7 Å². The van der Waals surface area contributed by atoms with Gasteiger partial charge in [-0.1, -0.05) is 12.1 Å². The lowest BCUT2D eigenvalue weighted by Crippen LogP contribution is -2.71. The van der Waals surface area contributed by atoms with Gasteiger partial charge in [-0.05, 0) is 17.7 Å². The molecule has 1 amide bonds. The maximum atomic E-state index is 13.5. The number of alkyl halides is 13. The van der Waals surface area contributed by atoms with Crippen molar-refractivity contribution in [2.45, 2.75) is 42.3 Å². The highest BCUT2D eigenvalue weighted by molar-refractivity contribution is 5.84. The van der Waals surface area contributed by atoms with Crippen molar-refractivity contribution < 1.29 is 66.3 Å². The molecule has 0 heterocycles. The van der Waals surface area contributed by atoms with E-state index in [1.165, 1.54) is 0 Å². The maximum absolute atomic E-state index is 13.5. The van der Waals surface area contributed by atoms with Gasteiger partial charge in [-0.25, -0.2) is 4.39 Å². The van der Waals surface area contributed by atoms with Crippen molar-refractivity contribution in [1.82, 2.24) is 5.32 Å². The van der Waals surface area contributed by atoms with Gasteiger partial charge >= 0.3 is 35.8 Å². The first-order chi connectivity index (χ1) is 13.1. The molecule has 0 saturated carbocycles. The second kappa shape index (κ2) is 7.44. The van der Waals surface area contributed by atoms with Crippen LogP contribution in [0.15, 0.2) is 24.3 Å². The molecule has 0 aliphatic rings. The Balaban J connectivity index is 3.24. The molecular formula is C14H7F14NO. The van der Waals surface area contributed by atoms with Crippen molar-refractivity contribution in [2.24, 2.45) is 0 Å². The molecule has 30 heavy (non-hydrogen) atoms. The summed E-state index contributed by atoms with van der Waals surface area (Å²) in [5.74, 6) is -42.9. The van der Waals surface area contributed by atoms with Crippen LogP contribution in [0.3, 0.4) is 0 Å². The third-order valence-corrected chi connectivity index (χ3v) is 3.58. The van der Waals surface area contributed by atoms with Crippen LogP contribution in [0.1, 0.15) is 5.56 Å². The number of carbonyl (C=O) groups excluding carboxylic acids is 1. The first-order valence-corrected chi connectivity index (χ1v) is 7.13. The van der Waals surface area contributed by atoms with Crippen LogP contribution in [-0.2, 0) is 11.3 Å². The summed E-state index contributed by atoms with van der Waals surface area (Å²) in [5, 5.41) is 0.878. The minimum absolute atomic E-state index is 0.287. The molecule has 0 aliphatic carbocycles. The van der Waals surface area contributed by atoms with Crippen molar-refractivity contribution in [3.63, 3.8) is 0 Å². The quantitative estimate of drug-likeness (QED) is 0.546. The van der Waals surface area contributed by atoms with Crippen molar-refractivity contribution in [3.8, 4) is 0 Å². The van der Waals surface area contributed by atoms with Crippen LogP contribution in [0.2, 0.25) is 0 Å². The van der Waals surface area contributed by atoms with E-state index >= 15 is 0 Å². The van der Waals surface area contributed by atoms with Crippen molar-refractivity contribution in [1.29, 1.82) is 0 Å². The van der Waals surface area contributed by atoms with Crippen molar-refractivity contribution in [3.05, 3.63) is 35.6 Å². The van der Waals surface area contributed by atoms with Gasteiger partial charge in [-0.2, -0.15) is 57.1 Å². The third-order valence-electron chi connectivity index (χ3n) is 3.58. The molecule has 0 aliphatic heterocycles. The maximum Gasteiger partial charge on any atom is 0.460 e. The first-order valence-electron chi connectivity index (χ1n) is 7.13. The molecule has 0 atom stereocenters. The van der Waals surface area contributed by atoms with E-state index < -0.39 is 54.1 Å². The fourth-order valence-corrected chi connectivity index (χ4v) is 1.81. The normalized spacial score (nSPS) is 14.6. The number of nitrogens with one attached hydrogen (secondary N) is 1. The number of halogens is 14. The van der Waals surface area contributed by atoms with Crippen LogP contribution in [0.4, 0.5) is 61.5 Å².